The average Bonchev–Trinajstić information content (AvgIpc) is 2.79. The molecule has 0 spiro atoms. The largest absolute Gasteiger partial charge is 0.337 e. The van der Waals surface area contributed by atoms with Gasteiger partial charge in [0.05, 0.1) is 4.88 Å². The summed E-state index contributed by atoms with van der Waals surface area (Å²) in [7, 11) is 4.05. The maximum absolute atomic E-state index is 12.7. The molecule has 0 radical (unpaired) electrons. The van der Waals surface area contributed by atoms with E-state index < -0.39 is 0 Å². The molecule has 1 atom stereocenters. The third-order valence-electron chi connectivity index (χ3n) is 4.03. The quantitative estimate of drug-likeness (QED) is 0.928. The van der Waals surface area contributed by atoms with E-state index in [0.717, 1.165) is 36.5 Å². The van der Waals surface area contributed by atoms with Gasteiger partial charge >= 0.3 is 0 Å². The molecular weight excluding hydrogens is 270 g/mol. The number of thiophene rings is 1. The van der Waals surface area contributed by atoms with Crippen molar-refractivity contribution < 1.29 is 4.79 Å². The fraction of sp³-hybridized carbons (Fsp3) is 0.667. The Kier molecular flexibility index (Phi) is 4.52. The highest BCUT2D eigenvalue weighted by Crippen LogP contribution is 2.30. The monoisotopic (exact) mass is 295 g/mol. The lowest BCUT2D eigenvalue weighted by atomic mass is 9.79. The number of nitrogens with zero attached hydrogens (tertiary/aromatic N) is 2. The van der Waals surface area contributed by atoms with Crippen molar-refractivity contribution in [2.24, 2.45) is 11.1 Å². The van der Waals surface area contributed by atoms with Gasteiger partial charge in [-0.15, -0.1) is 11.3 Å². The molecule has 5 heteroatoms. The van der Waals surface area contributed by atoms with Crippen LogP contribution in [0.15, 0.2) is 11.4 Å². The predicted octanol–water partition coefficient (Wildman–Crippen LogP) is 2.01. The van der Waals surface area contributed by atoms with E-state index in [4.69, 9.17) is 5.73 Å². The van der Waals surface area contributed by atoms with Crippen molar-refractivity contribution in [2.45, 2.75) is 32.9 Å². The average molecular weight is 295 g/mol. The molecule has 1 aromatic rings. The SMILES string of the molecule is CN(C)Cc1ccsc1C(=O)N1CCC(N)C(C)(C)C1. The fourth-order valence-electron chi connectivity index (χ4n) is 2.68. The van der Waals surface area contributed by atoms with Crippen LogP contribution in [-0.2, 0) is 6.54 Å². The van der Waals surface area contributed by atoms with Crippen molar-refractivity contribution in [3.8, 4) is 0 Å². The number of nitrogens with two attached hydrogens (primary N) is 1. The summed E-state index contributed by atoms with van der Waals surface area (Å²) >= 11 is 1.55. The van der Waals surface area contributed by atoms with E-state index >= 15 is 0 Å². The lowest BCUT2D eigenvalue weighted by Gasteiger charge is -2.42. The normalized spacial score (nSPS) is 22.3. The van der Waals surface area contributed by atoms with E-state index in [1.54, 1.807) is 11.3 Å². The van der Waals surface area contributed by atoms with Crippen molar-refractivity contribution in [3.63, 3.8) is 0 Å². The molecule has 1 aliphatic heterocycles. The minimum absolute atomic E-state index is 0.00706. The van der Waals surface area contributed by atoms with Gasteiger partial charge in [0, 0.05) is 25.7 Å². The highest BCUT2D eigenvalue weighted by atomic mass is 32.1. The van der Waals surface area contributed by atoms with Crippen LogP contribution in [0.3, 0.4) is 0 Å². The molecule has 112 valence electrons. The molecular formula is C15H25N3OS. The summed E-state index contributed by atoms with van der Waals surface area (Å²) in [6.45, 7) is 6.61. The molecule has 0 saturated carbocycles. The van der Waals surface area contributed by atoms with Crippen molar-refractivity contribution in [1.29, 1.82) is 0 Å². The number of hydrogen-bond acceptors (Lipinski definition) is 4. The maximum Gasteiger partial charge on any atom is 0.264 e. The Morgan fingerprint density at radius 3 is 2.85 bits per heavy atom. The van der Waals surface area contributed by atoms with E-state index in [1.807, 2.05) is 24.4 Å². The summed E-state index contributed by atoms with van der Waals surface area (Å²) in [5.74, 6) is 0.164. The van der Waals surface area contributed by atoms with Crippen LogP contribution in [0.1, 0.15) is 35.5 Å². The number of piperidine rings is 1. The van der Waals surface area contributed by atoms with Gasteiger partial charge in [0.2, 0.25) is 0 Å². The van der Waals surface area contributed by atoms with Gasteiger partial charge in [-0.1, -0.05) is 13.8 Å². The smallest absolute Gasteiger partial charge is 0.264 e. The number of carbonyl (C=O) groups is 1. The molecule has 2 N–H and O–H groups in total. The number of hydrogen-bond donors (Lipinski definition) is 1. The van der Waals surface area contributed by atoms with Crippen LogP contribution < -0.4 is 5.73 Å². The minimum Gasteiger partial charge on any atom is -0.337 e. The molecule has 1 unspecified atom stereocenters. The number of likely N-dealkylation sites (tertiary alicyclic amines) is 1. The first-order valence-electron chi connectivity index (χ1n) is 7.07. The van der Waals surface area contributed by atoms with Gasteiger partial charge in [-0.25, -0.2) is 0 Å². The van der Waals surface area contributed by atoms with Gasteiger partial charge in [-0.3, -0.25) is 4.79 Å². The highest BCUT2D eigenvalue weighted by Gasteiger charge is 2.36. The van der Waals surface area contributed by atoms with Gasteiger partial charge in [-0.05, 0) is 42.9 Å². The highest BCUT2D eigenvalue weighted by molar-refractivity contribution is 7.12. The molecule has 0 bridgehead atoms. The van der Waals surface area contributed by atoms with Crippen LogP contribution in [0.25, 0.3) is 0 Å². The second-order valence-corrected chi connectivity index (χ2v) is 7.54. The minimum atomic E-state index is -0.00706. The molecule has 20 heavy (non-hydrogen) atoms. The molecule has 2 rings (SSSR count). The van der Waals surface area contributed by atoms with Crippen LogP contribution in [-0.4, -0.2) is 48.9 Å². The molecule has 0 aromatic carbocycles. The molecule has 4 nitrogen and oxygen atoms in total. The lowest BCUT2D eigenvalue weighted by Crippen LogP contribution is -2.54. The summed E-state index contributed by atoms with van der Waals surface area (Å²) in [4.78, 5) is 17.7. The Hall–Kier alpha value is -0.910. The van der Waals surface area contributed by atoms with E-state index in [0.29, 0.717) is 0 Å². The summed E-state index contributed by atoms with van der Waals surface area (Å²) in [6, 6.07) is 2.23. The van der Waals surface area contributed by atoms with Crippen LogP contribution in [0.2, 0.25) is 0 Å². The van der Waals surface area contributed by atoms with Crippen LogP contribution >= 0.6 is 11.3 Å². The Bertz CT molecular complexity index is 481. The zero-order valence-electron chi connectivity index (χ0n) is 12.8. The first-order valence-corrected chi connectivity index (χ1v) is 7.95. The first kappa shape index (κ1) is 15.5. The third-order valence-corrected chi connectivity index (χ3v) is 4.97. The van der Waals surface area contributed by atoms with Gasteiger partial charge in [0.1, 0.15) is 0 Å². The zero-order chi connectivity index (χ0) is 14.9. The molecule has 1 saturated heterocycles. The van der Waals surface area contributed by atoms with E-state index in [2.05, 4.69) is 24.8 Å². The lowest BCUT2D eigenvalue weighted by molar-refractivity contribution is 0.0536. The summed E-state index contributed by atoms with van der Waals surface area (Å²) in [5.41, 5.74) is 7.26. The van der Waals surface area contributed by atoms with Crippen LogP contribution in [0.4, 0.5) is 0 Å². The van der Waals surface area contributed by atoms with Gasteiger partial charge in [-0.2, -0.15) is 0 Å². The van der Waals surface area contributed by atoms with Crippen molar-refractivity contribution in [1.82, 2.24) is 9.80 Å². The van der Waals surface area contributed by atoms with E-state index in [-0.39, 0.29) is 17.4 Å². The predicted molar refractivity (Wildman–Crippen MR) is 84.0 cm³/mol. The molecule has 2 heterocycles. The second kappa shape index (κ2) is 5.84. The number of carbonyl (C=O) groups excluding carboxylic acids is 1. The summed E-state index contributed by atoms with van der Waals surface area (Å²) < 4.78 is 0. The molecule has 1 aromatic heterocycles. The van der Waals surface area contributed by atoms with Crippen molar-refractivity contribution in [2.75, 3.05) is 27.2 Å². The third kappa shape index (κ3) is 3.22. The standard InChI is InChI=1S/C15H25N3OS/c1-15(2)10-18(7-5-12(15)16)14(19)13-11(6-8-20-13)9-17(3)4/h6,8,12H,5,7,9-10,16H2,1-4H3. The second-order valence-electron chi connectivity index (χ2n) is 6.62. The van der Waals surface area contributed by atoms with Crippen molar-refractivity contribution in [3.05, 3.63) is 21.9 Å². The van der Waals surface area contributed by atoms with Crippen molar-refractivity contribution >= 4 is 17.2 Å². The van der Waals surface area contributed by atoms with Gasteiger partial charge in [0.15, 0.2) is 0 Å². The van der Waals surface area contributed by atoms with Gasteiger partial charge < -0.3 is 15.5 Å². The van der Waals surface area contributed by atoms with E-state index in [1.165, 1.54) is 0 Å². The van der Waals surface area contributed by atoms with E-state index in [9.17, 15) is 4.79 Å². The number of rotatable bonds is 3. The summed E-state index contributed by atoms with van der Waals surface area (Å²) in [6.07, 6.45) is 0.882. The summed E-state index contributed by atoms with van der Waals surface area (Å²) in [5, 5.41) is 2.01. The maximum atomic E-state index is 12.7. The zero-order valence-corrected chi connectivity index (χ0v) is 13.7. The Morgan fingerprint density at radius 2 is 2.25 bits per heavy atom. The molecule has 1 aliphatic rings. The van der Waals surface area contributed by atoms with Crippen LogP contribution in [0.5, 0.6) is 0 Å². The van der Waals surface area contributed by atoms with Gasteiger partial charge in [0.25, 0.3) is 5.91 Å². The molecule has 0 aliphatic carbocycles. The molecule has 1 amide bonds. The van der Waals surface area contributed by atoms with Crippen LogP contribution in [0, 0.1) is 5.41 Å². The fourth-order valence-corrected chi connectivity index (χ4v) is 3.56. The first-order chi connectivity index (χ1) is 9.31. The topological polar surface area (TPSA) is 49.6 Å². The number of amides is 1. The molecule has 1 fully saturated rings. The Morgan fingerprint density at radius 1 is 1.55 bits per heavy atom. The Balaban J connectivity index is 2.14. The Labute approximate surface area is 125 Å².